The Morgan fingerprint density at radius 3 is 0.625 bits per heavy atom. The second kappa shape index (κ2) is 40.6. The molecule has 2 N–H and O–H groups in total. The zero-order valence-corrected chi connectivity index (χ0v) is 36.6. The Kier molecular flexibility index (Phi) is 44.9. The molecule has 0 radical (unpaired) electrons. The van der Waals surface area contributed by atoms with E-state index in [4.69, 9.17) is 0 Å². The van der Waals surface area contributed by atoms with Crippen LogP contribution in [0.15, 0.2) is 0 Å². The van der Waals surface area contributed by atoms with Gasteiger partial charge in [-0.15, -0.1) is 0 Å². The average molecular weight is 815 g/mol. The zero-order valence-electron chi connectivity index (χ0n) is 33.4. The lowest BCUT2D eigenvalue weighted by atomic mass is 10.0. The van der Waals surface area contributed by atoms with Crippen molar-refractivity contribution in [2.24, 2.45) is 0 Å². The van der Waals surface area contributed by atoms with Crippen molar-refractivity contribution in [2.45, 2.75) is 206 Å². The summed E-state index contributed by atoms with van der Waals surface area (Å²) in [6, 6.07) is 0. The molecule has 0 aromatic heterocycles. The number of aliphatic hydroxyl groups is 2. The third-order valence-electron chi connectivity index (χ3n) is 11.0. The lowest BCUT2D eigenvalue weighted by Gasteiger charge is -2.36. The minimum Gasteiger partial charge on any atom is -1.00 e. The van der Waals surface area contributed by atoms with E-state index >= 15 is 0 Å². The second-order valence-electron chi connectivity index (χ2n) is 15.9. The highest BCUT2D eigenvalue weighted by molar-refractivity contribution is 4.53. The third kappa shape index (κ3) is 36.6. The van der Waals surface area contributed by atoms with E-state index < -0.39 is 0 Å². The van der Waals surface area contributed by atoms with E-state index in [1.54, 1.807) is 0 Å². The van der Waals surface area contributed by atoms with Gasteiger partial charge in [-0.3, -0.25) is 0 Å². The van der Waals surface area contributed by atoms with Crippen LogP contribution in [0.4, 0.5) is 0 Å². The summed E-state index contributed by atoms with van der Waals surface area (Å²) in [6.07, 6.45) is 41.9. The molecule has 0 fully saturated rings. The molecule has 2 atom stereocenters. The van der Waals surface area contributed by atoms with Crippen molar-refractivity contribution in [1.82, 2.24) is 0 Å². The maximum atomic E-state index is 9.78. The molecular formula is C42H90Br2N2O2. The molecule has 48 heavy (non-hydrogen) atoms. The predicted molar refractivity (Wildman–Crippen MR) is 206 cm³/mol. The molecule has 0 rings (SSSR count). The van der Waals surface area contributed by atoms with Crippen molar-refractivity contribution in [3.8, 4) is 0 Å². The molecule has 294 valence electrons. The smallest absolute Gasteiger partial charge is 0.102 e. The Morgan fingerprint density at radius 2 is 0.438 bits per heavy atom. The van der Waals surface area contributed by atoms with Gasteiger partial charge in [0.15, 0.2) is 0 Å². The van der Waals surface area contributed by atoms with E-state index in [0.29, 0.717) is 13.2 Å². The number of rotatable bonds is 39. The first-order valence-electron chi connectivity index (χ1n) is 21.3. The lowest BCUT2D eigenvalue weighted by molar-refractivity contribution is -0.916. The summed E-state index contributed by atoms with van der Waals surface area (Å²) in [4.78, 5) is 0. The molecule has 4 nitrogen and oxygen atoms in total. The van der Waals surface area contributed by atoms with Crippen LogP contribution in [0.2, 0.25) is 0 Å². The van der Waals surface area contributed by atoms with Crippen LogP contribution in [0, 0.1) is 0 Å². The molecule has 0 saturated heterocycles. The van der Waals surface area contributed by atoms with Crippen LogP contribution in [0.25, 0.3) is 0 Å². The molecule has 0 aliphatic rings. The summed E-state index contributed by atoms with van der Waals surface area (Å²) in [5, 5.41) is 19.6. The number of aliphatic hydroxyl groups excluding tert-OH is 2. The van der Waals surface area contributed by atoms with Gasteiger partial charge in [0, 0.05) is 12.8 Å². The summed E-state index contributed by atoms with van der Waals surface area (Å²) in [6.45, 7) is 11.7. The van der Waals surface area contributed by atoms with E-state index in [1.165, 1.54) is 219 Å². The zero-order chi connectivity index (χ0) is 33.9. The van der Waals surface area contributed by atoms with Crippen LogP contribution in [0.1, 0.15) is 206 Å². The summed E-state index contributed by atoms with van der Waals surface area (Å²) < 4.78 is 2.05. The number of likely N-dealkylation sites (N-methyl/N-ethyl adjacent to an activating group) is 2. The molecule has 0 amide bonds. The number of hydrogen-bond acceptors (Lipinski definition) is 2. The fourth-order valence-corrected chi connectivity index (χ4v) is 7.52. The second-order valence-corrected chi connectivity index (χ2v) is 15.9. The van der Waals surface area contributed by atoms with Gasteiger partial charge < -0.3 is 53.1 Å². The molecule has 0 heterocycles. The van der Waals surface area contributed by atoms with E-state index in [9.17, 15) is 10.2 Å². The SMILES string of the molecule is CCCCCCCCCCCCCCCC[N+](C)(CCO)CCCC[N+](C)(CCO)CCCCCCCCCCCCCCCC.[Br-].[Br-]. The maximum Gasteiger partial charge on any atom is 0.102 e. The van der Waals surface area contributed by atoms with Crippen molar-refractivity contribution in [3.05, 3.63) is 0 Å². The van der Waals surface area contributed by atoms with Gasteiger partial charge in [0.25, 0.3) is 0 Å². The highest BCUT2D eigenvalue weighted by atomic mass is 79.9. The molecule has 0 aliphatic heterocycles. The number of halogens is 2. The predicted octanol–water partition coefficient (Wildman–Crippen LogP) is 5.62. The molecule has 0 aromatic carbocycles. The van der Waals surface area contributed by atoms with Gasteiger partial charge in [0.1, 0.15) is 13.1 Å². The number of hydrogen-bond donors (Lipinski definition) is 2. The molecule has 0 bridgehead atoms. The average Bonchev–Trinajstić information content (AvgIpc) is 3.04. The topological polar surface area (TPSA) is 40.5 Å². The van der Waals surface area contributed by atoms with Crippen molar-refractivity contribution in [1.29, 1.82) is 0 Å². The largest absolute Gasteiger partial charge is 1.00 e. The fourth-order valence-electron chi connectivity index (χ4n) is 7.52. The first-order chi connectivity index (χ1) is 22.4. The minimum atomic E-state index is 0. The highest BCUT2D eigenvalue weighted by Gasteiger charge is 2.23. The van der Waals surface area contributed by atoms with E-state index in [-0.39, 0.29) is 34.0 Å². The Hall–Kier alpha value is 0.800. The summed E-state index contributed by atoms with van der Waals surface area (Å²) in [5.74, 6) is 0. The number of nitrogens with zero attached hydrogens (tertiary/aromatic N) is 2. The summed E-state index contributed by atoms with van der Waals surface area (Å²) in [5.41, 5.74) is 0. The van der Waals surface area contributed by atoms with Gasteiger partial charge in [0.2, 0.25) is 0 Å². The first kappa shape index (κ1) is 53.2. The molecule has 2 unspecified atom stereocenters. The van der Waals surface area contributed by atoms with Crippen molar-refractivity contribution < 1.29 is 53.1 Å². The van der Waals surface area contributed by atoms with E-state index in [1.807, 2.05) is 0 Å². The molecule has 0 aliphatic carbocycles. The normalized spacial score (nSPS) is 13.9. The molecule has 6 heteroatoms. The van der Waals surface area contributed by atoms with Gasteiger partial charge in [-0.2, -0.15) is 0 Å². The van der Waals surface area contributed by atoms with Crippen LogP contribution in [-0.4, -0.2) is 85.8 Å². The molecule has 0 saturated carbocycles. The molecular weight excluding hydrogens is 724 g/mol. The van der Waals surface area contributed by atoms with Gasteiger partial charge in [-0.1, -0.05) is 168 Å². The monoisotopic (exact) mass is 813 g/mol. The molecule has 0 spiro atoms. The molecule has 0 aromatic rings. The van der Waals surface area contributed by atoms with E-state index in [0.717, 1.165) is 22.1 Å². The van der Waals surface area contributed by atoms with Crippen molar-refractivity contribution >= 4 is 0 Å². The summed E-state index contributed by atoms with van der Waals surface area (Å²) >= 11 is 0. The number of unbranched alkanes of at least 4 members (excludes halogenated alkanes) is 27. The van der Waals surface area contributed by atoms with Crippen LogP contribution in [0.3, 0.4) is 0 Å². The van der Waals surface area contributed by atoms with Gasteiger partial charge in [-0.25, -0.2) is 0 Å². The third-order valence-corrected chi connectivity index (χ3v) is 11.0. The Labute approximate surface area is 324 Å². The van der Waals surface area contributed by atoms with Gasteiger partial charge in [-0.05, 0) is 25.7 Å². The standard InChI is InChI=1S/C42H90N2O2.2BrH/c1-5-7-9-11-13-15-17-19-21-23-25-27-29-31-35-43(3,39-41-45)37-33-34-38-44(4,40-42-46)36-32-30-28-26-24-22-20-18-16-14-12-10-8-6-2;;/h45-46H,5-42H2,1-4H3;2*1H/q+2;;/p-2. The Bertz CT molecular complexity index is 550. The minimum absolute atomic E-state index is 0. The van der Waals surface area contributed by atoms with Crippen LogP contribution >= 0.6 is 0 Å². The van der Waals surface area contributed by atoms with Crippen LogP contribution < -0.4 is 34.0 Å². The van der Waals surface area contributed by atoms with E-state index in [2.05, 4.69) is 27.9 Å². The first-order valence-corrected chi connectivity index (χ1v) is 21.3. The quantitative estimate of drug-likeness (QED) is 0.0627. The van der Waals surface area contributed by atoms with Crippen molar-refractivity contribution in [2.75, 3.05) is 66.6 Å². The number of quaternary nitrogens is 2. The maximum absolute atomic E-state index is 9.78. The Morgan fingerprint density at radius 1 is 0.271 bits per heavy atom. The van der Waals surface area contributed by atoms with Gasteiger partial charge in [0.05, 0.1) is 53.5 Å². The van der Waals surface area contributed by atoms with Crippen molar-refractivity contribution in [3.63, 3.8) is 0 Å². The fraction of sp³-hybridized carbons (Fsp3) is 1.00. The highest BCUT2D eigenvalue weighted by Crippen LogP contribution is 2.17. The van der Waals surface area contributed by atoms with Gasteiger partial charge >= 0.3 is 0 Å². The van der Waals surface area contributed by atoms with Crippen LogP contribution in [-0.2, 0) is 0 Å². The van der Waals surface area contributed by atoms with Crippen LogP contribution in [0.5, 0.6) is 0 Å². The lowest BCUT2D eigenvalue weighted by Crippen LogP contribution is -3.00. The Balaban J connectivity index is -0.0000101. The summed E-state index contributed by atoms with van der Waals surface area (Å²) in [7, 11) is 4.74.